The number of rotatable bonds is 5. The van der Waals surface area contributed by atoms with Crippen molar-refractivity contribution in [2.75, 3.05) is 18.0 Å². The molecule has 1 amide bonds. The van der Waals surface area contributed by atoms with Gasteiger partial charge < -0.3 is 9.47 Å². The fourth-order valence-electron chi connectivity index (χ4n) is 3.19. The van der Waals surface area contributed by atoms with Crippen LogP contribution < -0.4 is 9.70 Å². The van der Waals surface area contributed by atoms with Crippen LogP contribution in [-0.2, 0) is 6.54 Å². The lowest BCUT2D eigenvalue weighted by Gasteiger charge is -2.20. The molecule has 0 aliphatic heterocycles. The third kappa shape index (κ3) is 3.84. The molecule has 3 aromatic rings. The molecule has 2 aromatic carbocycles. The average molecular weight is 412 g/mol. The molecule has 0 unspecified atom stereocenters. The normalized spacial score (nSPS) is 11.6. The van der Waals surface area contributed by atoms with Crippen LogP contribution in [0.25, 0.3) is 10.2 Å². The predicted octanol–water partition coefficient (Wildman–Crippen LogP) is 4.89. The topological polar surface area (TPSA) is 37.6 Å². The Bertz CT molecular complexity index is 1120. The Morgan fingerprint density at radius 1 is 1.21 bits per heavy atom. The van der Waals surface area contributed by atoms with Crippen molar-refractivity contribution in [1.82, 2.24) is 4.57 Å². The summed E-state index contributed by atoms with van der Waals surface area (Å²) >= 11 is 7.71. The van der Waals surface area contributed by atoms with Gasteiger partial charge in [-0.05, 0) is 62.7 Å². The molecule has 0 radical (unpaired) electrons. The van der Waals surface area contributed by atoms with Crippen LogP contribution in [0.15, 0.2) is 41.4 Å². The Morgan fingerprint density at radius 2 is 1.89 bits per heavy atom. The van der Waals surface area contributed by atoms with Crippen LogP contribution in [0.1, 0.15) is 29.8 Å². The lowest BCUT2D eigenvalue weighted by Crippen LogP contribution is -2.21. The van der Waals surface area contributed by atoms with Crippen LogP contribution in [0.3, 0.4) is 0 Å². The van der Waals surface area contributed by atoms with Crippen LogP contribution in [0, 0.1) is 19.3 Å². The standard InChI is InChI=1S/C22H22ClN3OS/c1-5-14-26-20-15(4)18(23)12-13-19(20)28-22(26)24-21(27)16-8-10-17(11-9-16)25(6-2)7-3/h1,8-13H,6-7,14H2,2-4H3. The number of aryl methyl sites for hydroxylation is 1. The molecule has 0 saturated carbocycles. The second-order valence-electron chi connectivity index (χ2n) is 6.33. The number of hydrogen-bond donors (Lipinski definition) is 0. The minimum absolute atomic E-state index is 0.285. The Balaban J connectivity index is 2.04. The van der Waals surface area contributed by atoms with E-state index < -0.39 is 0 Å². The molecule has 0 fully saturated rings. The lowest BCUT2D eigenvalue weighted by atomic mass is 10.2. The zero-order valence-corrected chi connectivity index (χ0v) is 17.8. The van der Waals surface area contributed by atoms with E-state index in [1.54, 1.807) is 0 Å². The second-order valence-corrected chi connectivity index (χ2v) is 7.75. The number of benzene rings is 2. The average Bonchev–Trinajstić information content (AvgIpc) is 3.04. The molecule has 4 nitrogen and oxygen atoms in total. The third-order valence-electron chi connectivity index (χ3n) is 4.72. The van der Waals surface area contributed by atoms with Gasteiger partial charge in [-0.3, -0.25) is 4.79 Å². The van der Waals surface area contributed by atoms with Crippen LogP contribution in [0.5, 0.6) is 0 Å². The first-order valence-corrected chi connectivity index (χ1v) is 10.4. The number of carbonyl (C=O) groups is 1. The van der Waals surface area contributed by atoms with Crippen LogP contribution >= 0.6 is 22.9 Å². The van der Waals surface area contributed by atoms with E-state index in [1.807, 2.05) is 47.9 Å². The van der Waals surface area contributed by atoms with Gasteiger partial charge in [0.05, 0.1) is 16.8 Å². The molecule has 0 N–H and O–H groups in total. The Hall–Kier alpha value is -2.55. The number of carbonyl (C=O) groups excluding carboxylic acids is 1. The summed E-state index contributed by atoms with van der Waals surface area (Å²) in [4.78, 5) is 19.9. The monoisotopic (exact) mass is 411 g/mol. The Labute approximate surface area is 174 Å². The van der Waals surface area contributed by atoms with E-state index >= 15 is 0 Å². The number of hydrogen-bond acceptors (Lipinski definition) is 3. The molecular weight excluding hydrogens is 390 g/mol. The maximum Gasteiger partial charge on any atom is 0.279 e. The first-order chi connectivity index (χ1) is 13.5. The summed E-state index contributed by atoms with van der Waals surface area (Å²) < 4.78 is 2.88. The first kappa shape index (κ1) is 20.2. The van der Waals surface area contributed by atoms with Gasteiger partial charge in [-0.1, -0.05) is 28.9 Å². The number of fused-ring (bicyclic) bond motifs is 1. The number of anilines is 1. The van der Waals surface area contributed by atoms with E-state index in [-0.39, 0.29) is 5.91 Å². The molecule has 0 bridgehead atoms. The van der Waals surface area contributed by atoms with Crippen molar-refractivity contribution < 1.29 is 4.79 Å². The third-order valence-corrected chi connectivity index (χ3v) is 6.17. The number of terminal acetylenes is 1. The summed E-state index contributed by atoms with van der Waals surface area (Å²) in [6.07, 6.45) is 5.55. The summed E-state index contributed by atoms with van der Waals surface area (Å²) in [5, 5.41) is 0.668. The molecule has 144 valence electrons. The largest absolute Gasteiger partial charge is 0.372 e. The molecule has 0 aliphatic carbocycles. The summed E-state index contributed by atoms with van der Waals surface area (Å²) in [5.74, 6) is 2.36. The predicted molar refractivity (Wildman–Crippen MR) is 118 cm³/mol. The quantitative estimate of drug-likeness (QED) is 0.561. The molecule has 0 saturated heterocycles. The molecule has 6 heteroatoms. The molecule has 1 aromatic heterocycles. The van der Waals surface area contributed by atoms with Gasteiger partial charge in [0.25, 0.3) is 5.91 Å². The van der Waals surface area contributed by atoms with E-state index in [1.165, 1.54) is 11.3 Å². The zero-order valence-electron chi connectivity index (χ0n) is 16.2. The Morgan fingerprint density at radius 3 is 2.50 bits per heavy atom. The molecule has 0 atom stereocenters. The highest BCUT2D eigenvalue weighted by Gasteiger charge is 2.13. The smallest absolute Gasteiger partial charge is 0.279 e. The van der Waals surface area contributed by atoms with Crippen LogP contribution in [0.4, 0.5) is 5.69 Å². The molecule has 28 heavy (non-hydrogen) atoms. The van der Waals surface area contributed by atoms with E-state index in [4.69, 9.17) is 18.0 Å². The highest BCUT2D eigenvalue weighted by molar-refractivity contribution is 7.16. The summed E-state index contributed by atoms with van der Waals surface area (Å²) in [5.41, 5.74) is 3.51. The van der Waals surface area contributed by atoms with Gasteiger partial charge in [0.15, 0.2) is 4.80 Å². The van der Waals surface area contributed by atoms with Gasteiger partial charge in [-0.25, -0.2) is 0 Å². The number of nitrogens with zero attached hydrogens (tertiary/aromatic N) is 3. The molecular formula is C22H22ClN3OS. The molecule has 3 rings (SSSR count). The number of aromatic nitrogens is 1. The van der Waals surface area contributed by atoms with Gasteiger partial charge in [0, 0.05) is 29.4 Å². The van der Waals surface area contributed by atoms with Crippen LogP contribution in [0.2, 0.25) is 5.02 Å². The maximum atomic E-state index is 12.8. The highest BCUT2D eigenvalue weighted by Crippen LogP contribution is 2.27. The molecule has 0 aliphatic rings. The minimum Gasteiger partial charge on any atom is -0.372 e. The lowest BCUT2D eigenvalue weighted by molar-refractivity contribution is 0.0998. The maximum absolute atomic E-state index is 12.8. The number of halogens is 1. The van der Waals surface area contributed by atoms with Gasteiger partial charge >= 0.3 is 0 Å². The van der Waals surface area contributed by atoms with Gasteiger partial charge in [0.1, 0.15) is 0 Å². The Kier molecular flexibility index (Phi) is 6.23. The van der Waals surface area contributed by atoms with Crippen molar-refractivity contribution in [3.8, 4) is 12.3 Å². The fraction of sp³-hybridized carbons (Fsp3) is 0.273. The first-order valence-electron chi connectivity index (χ1n) is 9.16. The van der Waals surface area contributed by atoms with Gasteiger partial charge in [-0.15, -0.1) is 6.42 Å². The van der Waals surface area contributed by atoms with Gasteiger partial charge in [-0.2, -0.15) is 4.99 Å². The van der Waals surface area contributed by atoms with Crippen LogP contribution in [-0.4, -0.2) is 23.6 Å². The second kappa shape index (κ2) is 8.64. The van der Waals surface area contributed by atoms with Crippen molar-refractivity contribution in [2.24, 2.45) is 4.99 Å². The van der Waals surface area contributed by atoms with E-state index in [0.717, 1.165) is 34.6 Å². The van der Waals surface area contributed by atoms with Crippen molar-refractivity contribution in [2.45, 2.75) is 27.3 Å². The van der Waals surface area contributed by atoms with Crippen molar-refractivity contribution in [3.05, 3.63) is 57.3 Å². The number of thiazole rings is 1. The van der Waals surface area contributed by atoms with E-state index in [2.05, 4.69) is 29.7 Å². The summed E-state index contributed by atoms with van der Waals surface area (Å²) in [6, 6.07) is 11.3. The highest BCUT2D eigenvalue weighted by atomic mass is 35.5. The molecule has 0 spiro atoms. The molecule has 1 heterocycles. The minimum atomic E-state index is -0.285. The van der Waals surface area contributed by atoms with E-state index in [9.17, 15) is 4.79 Å². The van der Waals surface area contributed by atoms with Gasteiger partial charge in [0.2, 0.25) is 0 Å². The van der Waals surface area contributed by atoms with Crippen molar-refractivity contribution >= 4 is 44.7 Å². The zero-order chi connectivity index (χ0) is 20.3. The summed E-state index contributed by atoms with van der Waals surface area (Å²) in [7, 11) is 0. The van der Waals surface area contributed by atoms with E-state index in [0.29, 0.717) is 21.9 Å². The SMILES string of the molecule is C#CCn1c(=NC(=O)c2ccc(N(CC)CC)cc2)sc2ccc(Cl)c(C)c21. The van der Waals surface area contributed by atoms with Crippen molar-refractivity contribution in [1.29, 1.82) is 0 Å². The fourth-order valence-corrected chi connectivity index (χ4v) is 4.43. The van der Waals surface area contributed by atoms with Crippen molar-refractivity contribution in [3.63, 3.8) is 0 Å². The number of amides is 1. The summed E-state index contributed by atoms with van der Waals surface area (Å²) in [6.45, 7) is 8.33.